The first-order chi connectivity index (χ1) is 14.1. The van der Waals surface area contributed by atoms with Crippen LogP contribution in [-0.2, 0) is 16.0 Å². The monoisotopic (exact) mass is 395 g/mol. The van der Waals surface area contributed by atoms with Crippen molar-refractivity contribution < 1.29 is 14.5 Å². The molecule has 2 aromatic carbocycles. The van der Waals surface area contributed by atoms with Crippen LogP contribution in [0, 0.1) is 10.1 Å². The van der Waals surface area contributed by atoms with Gasteiger partial charge in [0, 0.05) is 49.3 Å². The largest absolute Gasteiger partial charge is 0.383 e. The number of amides is 1. The Morgan fingerprint density at radius 3 is 2.76 bits per heavy atom. The molecule has 1 aromatic heterocycles. The smallest absolute Gasteiger partial charge is 0.270 e. The van der Waals surface area contributed by atoms with E-state index < -0.39 is 4.92 Å². The molecule has 2 N–H and O–H groups in total. The van der Waals surface area contributed by atoms with E-state index in [1.54, 1.807) is 19.2 Å². The number of ether oxygens (including phenoxy) is 1. The van der Waals surface area contributed by atoms with Crippen LogP contribution in [0.3, 0.4) is 0 Å². The minimum absolute atomic E-state index is 0.0460. The van der Waals surface area contributed by atoms with E-state index in [0.717, 1.165) is 29.3 Å². The zero-order valence-electron chi connectivity index (χ0n) is 16.4. The molecule has 0 saturated carbocycles. The average molecular weight is 395 g/mol. The topological polar surface area (TPSA) is 97.3 Å². The number of non-ortho nitro benzene ring substituents is 1. The van der Waals surface area contributed by atoms with Crippen LogP contribution in [-0.4, -0.2) is 36.1 Å². The summed E-state index contributed by atoms with van der Waals surface area (Å²) in [5, 5.41) is 14.9. The molecule has 1 heterocycles. The molecule has 29 heavy (non-hydrogen) atoms. The lowest BCUT2D eigenvalue weighted by atomic mass is 9.89. The fourth-order valence-electron chi connectivity index (χ4n) is 3.52. The number of nitrogens with zero attached hydrogens (tertiary/aromatic N) is 1. The number of benzene rings is 2. The van der Waals surface area contributed by atoms with Crippen LogP contribution in [0.25, 0.3) is 10.9 Å². The van der Waals surface area contributed by atoms with Crippen molar-refractivity contribution in [3.05, 3.63) is 76.0 Å². The number of H-pyrrole nitrogens is 1. The number of aromatic nitrogens is 1. The van der Waals surface area contributed by atoms with Crippen LogP contribution in [0.4, 0.5) is 5.69 Å². The zero-order valence-corrected chi connectivity index (χ0v) is 16.4. The highest BCUT2D eigenvalue weighted by molar-refractivity contribution is 5.87. The van der Waals surface area contributed by atoms with Gasteiger partial charge in [-0.3, -0.25) is 14.9 Å². The molecule has 0 aliphatic heterocycles. The number of aromatic amines is 1. The van der Waals surface area contributed by atoms with Gasteiger partial charge in [-0.25, -0.2) is 0 Å². The van der Waals surface area contributed by atoms with Crippen molar-refractivity contribution in [3.63, 3.8) is 0 Å². The Kier molecular flexibility index (Phi) is 6.97. The number of carbonyl (C=O) groups excluding carboxylic acids is 1. The van der Waals surface area contributed by atoms with Gasteiger partial charge < -0.3 is 15.0 Å². The van der Waals surface area contributed by atoms with Gasteiger partial charge in [-0.2, -0.15) is 0 Å². The van der Waals surface area contributed by atoms with Crippen molar-refractivity contribution in [1.29, 1.82) is 0 Å². The van der Waals surface area contributed by atoms with Crippen LogP contribution < -0.4 is 5.32 Å². The summed E-state index contributed by atoms with van der Waals surface area (Å²) in [4.78, 5) is 26.5. The third-order valence-electron chi connectivity index (χ3n) is 5.03. The first kappa shape index (κ1) is 20.5. The molecule has 0 aliphatic carbocycles. The number of carbonyl (C=O) groups is 1. The van der Waals surface area contributed by atoms with E-state index in [-0.39, 0.29) is 17.5 Å². The molecular weight excluding hydrogens is 370 g/mol. The van der Waals surface area contributed by atoms with Crippen molar-refractivity contribution in [3.8, 4) is 0 Å². The van der Waals surface area contributed by atoms with Gasteiger partial charge in [0.1, 0.15) is 0 Å². The Morgan fingerprint density at radius 2 is 2.03 bits per heavy atom. The number of nitrogens with one attached hydrogen (secondary N) is 2. The average Bonchev–Trinajstić information content (AvgIpc) is 3.15. The summed E-state index contributed by atoms with van der Waals surface area (Å²) < 4.78 is 4.98. The SMILES string of the molecule is COCCNC(=O)C[C@@H](CCc1ccccc1)c1c[nH]c2ccc([N+](=O)[O-])cc12. The second-order valence-corrected chi connectivity index (χ2v) is 7.00. The molecule has 0 bridgehead atoms. The maximum Gasteiger partial charge on any atom is 0.270 e. The van der Waals surface area contributed by atoms with Gasteiger partial charge in [0.15, 0.2) is 0 Å². The molecule has 0 fully saturated rings. The van der Waals surface area contributed by atoms with E-state index >= 15 is 0 Å². The molecule has 0 radical (unpaired) electrons. The summed E-state index contributed by atoms with van der Waals surface area (Å²) in [6, 6.07) is 14.9. The Morgan fingerprint density at radius 1 is 1.24 bits per heavy atom. The van der Waals surface area contributed by atoms with Crippen LogP contribution in [0.5, 0.6) is 0 Å². The van der Waals surface area contributed by atoms with Crippen LogP contribution in [0.1, 0.15) is 29.9 Å². The molecule has 0 unspecified atom stereocenters. The van der Waals surface area contributed by atoms with Crippen molar-refractivity contribution >= 4 is 22.5 Å². The van der Waals surface area contributed by atoms with Gasteiger partial charge >= 0.3 is 0 Å². The highest BCUT2D eigenvalue weighted by Gasteiger charge is 2.21. The van der Waals surface area contributed by atoms with Gasteiger partial charge in [-0.15, -0.1) is 0 Å². The number of rotatable bonds is 10. The fourth-order valence-corrected chi connectivity index (χ4v) is 3.52. The van der Waals surface area contributed by atoms with Gasteiger partial charge in [-0.05, 0) is 36.0 Å². The highest BCUT2D eigenvalue weighted by Crippen LogP contribution is 2.33. The molecule has 3 aromatic rings. The molecule has 1 amide bonds. The summed E-state index contributed by atoms with van der Waals surface area (Å²) in [7, 11) is 1.59. The van der Waals surface area contributed by atoms with Crippen LogP contribution >= 0.6 is 0 Å². The van der Waals surface area contributed by atoms with Crippen molar-refractivity contribution in [2.24, 2.45) is 0 Å². The van der Waals surface area contributed by atoms with Crippen LogP contribution in [0.2, 0.25) is 0 Å². The molecule has 0 aliphatic rings. The van der Waals surface area contributed by atoms with E-state index in [1.807, 2.05) is 24.4 Å². The highest BCUT2D eigenvalue weighted by atomic mass is 16.6. The Hall–Kier alpha value is -3.19. The second kappa shape index (κ2) is 9.84. The predicted octanol–water partition coefficient (Wildman–Crippen LogP) is 3.95. The molecule has 7 heteroatoms. The maximum absolute atomic E-state index is 12.5. The summed E-state index contributed by atoms with van der Waals surface area (Å²) in [5.41, 5.74) is 3.00. The molecule has 3 rings (SSSR count). The molecule has 152 valence electrons. The standard InChI is InChI=1S/C22H25N3O4/c1-29-12-11-23-22(26)13-17(8-7-16-5-3-2-4-6-16)20-15-24-21-10-9-18(25(27)28)14-19(20)21/h2-6,9-10,14-15,17,24H,7-8,11-13H2,1H3,(H,23,26)/t17-/m1/s1. The third kappa shape index (κ3) is 5.42. The van der Waals surface area contributed by atoms with E-state index in [1.165, 1.54) is 11.6 Å². The van der Waals surface area contributed by atoms with Crippen molar-refractivity contribution in [2.45, 2.75) is 25.2 Å². The van der Waals surface area contributed by atoms with Gasteiger partial charge in [0.05, 0.1) is 11.5 Å². The number of hydrogen-bond acceptors (Lipinski definition) is 4. The van der Waals surface area contributed by atoms with Gasteiger partial charge in [-0.1, -0.05) is 30.3 Å². The van der Waals surface area contributed by atoms with Gasteiger partial charge in [0.25, 0.3) is 5.69 Å². The Labute approximate surface area is 169 Å². The minimum atomic E-state index is -0.396. The second-order valence-electron chi connectivity index (χ2n) is 7.00. The Balaban J connectivity index is 1.85. The molecule has 0 saturated heterocycles. The lowest BCUT2D eigenvalue weighted by molar-refractivity contribution is -0.384. The number of hydrogen-bond donors (Lipinski definition) is 2. The van der Waals surface area contributed by atoms with Crippen molar-refractivity contribution in [2.75, 3.05) is 20.3 Å². The first-order valence-corrected chi connectivity index (χ1v) is 9.63. The molecule has 0 spiro atoms. The predicted molar refractivity (Wildman–Crippen MR) is 112 cm³/mol. The molecule has 7 nitrogen and oxygen atoms in total. The quantitative estimate of drug-likeness (QED) is 0.309. The van der Waals surface area contributed by atoms with E-state index in [4.69, 9.17) is 4.74 Å². The summed E-state index contributed by atoms with van der Waals surface area (Å²) in [6.07, 6.45) is 3.76. The third-order valence-corrected chi connectivity index (χ3v) is 5.03. The van der Waals surface area contributed by atoms with E-state index in [0.29, 0.717) is 19.6 Å². The van der Waals surface area contributed by atoms with E-state index in [2.05, 4.69) is 22.4 Å². The molecule has 1 atom stereocenters. The fraction of sp³-hybridized carbons (Fsp3) is 0.318. The lowest BCUT2D eigenvalue weighted by Gasteiger charge is -2.17. The maximum atomic E-state index is 12.5. The minimum Gasteiger partial charge on any atom is -0.383 e. The normalized spacial score (nSPS) is 12.0. The number of fused-ring (bicyclic) bond motifs is 1. The number of nitro groups is 1. The molecular formula is C22H25N3O4. The number of nitro benzene ring substituents is 1. The lowest BCUT2D eigenvalue weighted by Crippen LogP contribution is -2.28. The number of aryl methyl sites for hydroxylation is 1. The summed E-state index contributed by atoms with van der Waals surface area (Å²) in [5.74, 6) is -0.117. The zero-order chi connectivity index (χ0) is 20.6. The van der Waals surface area contributed by atoms with Gasteiger partial charge in [0.2, 0.25) is 5.91 Å². The van der Waals surface area contributed by atoms with Crippen molar-refractivity contribution in [1.82, 2.24) is 10.3 Å². The summed E-state index contributed by atoms with van der Waals surface area (Å²) in [6.45, 7) is 0.916. The number of methoxy groups -OCH3 is 1. The Bertz CT molecular complexity index is 969. The summed E-state index contributed by atoms with van der Waals surface area (Å²) >= 11 is 0. The van der Waals surface area contributed by atoms with Crippen LogP contribution in [0.15, 0.2) is 54.7 Å². The van der Waals surface area contributed by atoms with E-state index in [9.17, 15) is 14.9 Å². The first-order valence-electron chi connectivity index (χ1n) is 9.63.